The molecule has 2 atom stereocenters. The minimum Gasteiger partial charge on any atom is -0.508 e. The van der Waals surface area contributed by atoms with Crippen LogP contribution in [-0.4, -0.2) is 17.2 Å². The topological polar surface area (TPSA) is 32.3 Å². The largest absolute Gasteiger partial charge is 0.508 e. The second-order valence-corrected chi connectivity index (χ2v) is 7.32. The molecule has 0 aliphatic heterocycles. The number of hydrogen-bond donors (Lipinski definition) is 2. The number of rotatable bonds is 6. The number of thiophene rings is 1. The van der Waals surface area contributed by atoms with E-state index in [1.54, 1.807) is 0 Å². The Morgan fingerprint density at radius 2 is 2.17 bits per heavy atom. The Hall–Kier alpha value is -1.03. The Kier molecular flexibility index (Phi) is 6.94. The van der Waals surface area contributed by atoms with Crippen LogP contribution in [0.2, 0.25) is 0 Å². The van der Waals surface area contributed by atoms with E-state index in [1.165, 1.54) is 23.3 Å². The highest BCUT2D eigenvalue weighted by atomic mass is 35.5. The van der Waals surface area contributed by atoms with E-state index in [9.17, 15) is 5.11 Å². The molecule has 4 heteroatoms. The summed E-state index contributed by atoms with van der Waals surface area (Å²) in [5.41, 5.74) is 2.47. The minimum atomic E-state index is 0. The highest BCUT2D eigenvalue weighted by Gasteiger charge is 2.22. The van der Waals surface area contributed by atoms with Gasteiger partial charge in [-0.1, -0.05) is 31.5 Å². The molecule has 23 heavy (non-hydrogen) atoms. The van der Waals surface area contributed by atoms with E-state index < -0.39 is 0 Å². The molecular weight excluding hydrogens is 326 g/mol. The maximum absolute atomic E-state index is 9.96. The van der Waals surface area contributed by atoms with Gasteiger partial charge in [-0.2, -0.15) is 0 Å². The van der Waals surface area contributed by atoms with E-state index in [0.717, 1.165) is 31.2 Å². The lowest BCUT2D eigenvalue weighted by Gasteiger charge is -2.30. The van der Waals surface area contributed by atoms with Gasteiger partial charge in [0.25, 0.3) is 0 Å². The molecule has 0 radical (unpaired) electrons. The summed E-state index contributed by atoms with van der Waals surface area (Å²) in [5, 5.41) is 16.0. The molecule has 1 aliphatic carbocycles. The molecule has 2 unspecified atom stereocenters. The lowest BCUT2D eigenvalue weighted by molar-refractivity contribution is 0.370. The van der Waals surface area contributed by atoms with E-state index >= 15 is 0 Å². The molecule has 0 fully saturated rings. The van der Waals surface area contributed by atoms with Crippen molar-refractivity contribution in [3.05, 3.63) is 51.7 Å². The van der Waals surface area contributed by atoms with Crippen molar-refractivity contribution in [2.45, 2.75) is 57.5 Å². The molecule has 0 spiro atoms. The van der Waals surface area contributed by atoms with Gasteiger partial charge in [0.05, 0.1) is 0 Å². The summed E-state index contributed by atoms with van der Waals surface area (Å²) in [5.74, 6) is 0.472. The van der Waals surface area contributed by atoms with Crippen molar-refractivity contribution in [3.8, 4) is 5.75 Å². The summed E-state index contributed by atoms with van der Waals surface area (Å²) in [7, 11) is 0. The van der Waals surface area contributed by atoms with Crippen LogP contribution in [0.25, 0.3) is 0 Å². The molecule has 126 valence electrons. The van der Waals surface area contributed by atoms with E-state index in [-0.39, 0.29) is 12.4 Å². The summed E-state index contributed by atoms with van der Waals surface area (Å²) < 4.78 is 0. The van der Waals surface area contributed by atoms with Gasteiger partial charge in [0.1, 0.15) is 5.75 Å². The van der Waals surface area contributed by atoms with Crippen LogP contribution in [0, 0.1) is 0 Å². The predicted octanol–water partition coefficient (Wildman–Crippen LogP) is 4.73. The monoisotopic (exact) mass is 351 g/mol. The van der Waals surface area contributed by atoms with Gasteiger partial charge in [0.15, 0.2) is 0 Å². The van der Waals surface area contributed by atoms with Crippen LogP contribution in [0.5, 0.6) is 5.75 Å². The normalized spacial score (nSPS) is 18.0. The predicted molar refractivity (Wildman–Crippen MR) is 101 cm³/mol. The molecule has 1 heterocycles. The molecule has 2 N–H and O–H groups in total. The van der Waals surface area contributed by atoms with E-state index in [1.807, 2.05) is 23.5 Å². The number of hydrogen-bond acceptors (Lipinski definition) is 3. The van der Waals surface area contributed by atoms with Crippen LogP contribution in [0.3, 0.4) is 0 Å². The van der Waals surface area contributed by atoms with Crippen LogP contribution in [0.4, 0.5) is 0 Å². The van der Waals surface area contributed by atoms with Crippen molar-refractivity contribution in [2.24, 2.45) is 0 Å². The number of aromatic hydroxyl groups is 1. The second-order valence-electron chi connectivity index (χ2n) is 6.29. The SMILES string of the molecule is CCCC(Cc1cccs1)NC1CCc2c(O)cccc2C1.Cl. The van der Waals surface area contributed by atoms with Crippen LogP contribution >= 0.6 is 23.7 Å². The molecule has 1 aromatic heterocycles. The molecule has 0 saturated heterocycles. The summed E-state index contributed by atoms with van der Waals surface area (Å²) in [6.45, 7) is 2.26. The summed E-state index contributed by atoms with van der Waals surface area (Å²) >= 11 is 1.86. The van der Waals surface area contributed by atoms with Gasteiger partial charge in [0, 0.05) is 17.0 Å². The Labute approximate surface area is 149 Å². The van der Waals surface area contributed by atoms with Gasteiger partial charge in [-0.05, 0) is 60.7 Å². The zero-order chi connectivity index (χ0) is 15.4. The fourth-order valence-electron chi connectivity index (χ4n) is 3.53. The van der Waals surface area contributed by atoms with E-state index in [0.29, 0.717) is 17.8 Å². The first kappa shape index (κ1) is 18.3. The van der Waals surface area contributed by atoms with Crippen molar-refractivity contribution in [2.75, 3.05) is 0 Å². The highest BCUT2D eigenvalue weighted by Crippen LogP contribution is 2.29. The summed E-state index contributed by atoms with van der Waals surface area (Å²) in [4.78, 5) is 1.47. The summed E-state index contributed by atoms with van der Waals surface area (Å²) in [6, 6.07) is 11.4. The second kappa shape index (κ2) is 8.72. The third-order valence-corrected chi connectivity index (χ3v) is 5.49. The number of halogens is 1. The Morgan fingerprint density at radius 1 is 1.30 bits per heavy atom. The molecule has 1 aliphatic rings. The fraction of sp³-hybridized carbons (Fsp3) is 0.474. The number of nitrogens with one attached hydrogen (secondary N) is 1. The maximum atomic E-state index is 9.96. The van der Waals surface area contributed by atoms with Gasteiger partial charge in [-0.15, -0.1) is 23.7 Å². The number of phenols is 1. The highest BCUT2D eigenvalue weighted by molar-refractivity contribution is 7.09. The standard InChI is InChI=1S/C19H25NOS.ClH/c1-2-5-15(13-17-7-4-11-22-17)20-16-9-10-18-14(12-16)6-3-8-19(18)21;/h3-4,6-8,11,15-16,20-21H,2,5,9-10,12-13H2,1H3;1H. The van der Waals surface area contributed by atoms with Crippen LogP contribution in [0.1, 0.15) is 42.2 Å². The van der Waals surface area contributed by atoms with Gasteiger partial charge in [0.2, 0.25) is 0 Å². The maximum Gasteiger partial charge on any atom is 0.119 e. The molecule has 1 aromatic carbocycles. The average Bonchev–Trinajstić information content (AvgIpc) is 3.00. The van der Waals surface area contributed by atoms with Gasteiger partial charge in [-0.25, -0.2) is 0 Å². The van der Waals surface area contributed by atoms with Gasteiger partial charge in [-0.3, -0.25) is 0 Å². The number of phenolic OH excluding ortho intramolecular Hbond substituents is 1. The fourth-order valence-corrected chi connectivity index (χ4v) is 4.31. The van der Waals surface area contributed by atoms with Crippen molar-refractivity contribution in [1.82, 2.24) is 5.32 Å². The van der Waals surface area contributed by atoms with Crippen molar-refractivity contribution in [1.29, 1.82) is 0 Å². The molecule has 3 rings (SSSR count). The number of fused-ring (bicyclic) bond motifs is 1. The molecule has 0 amide bonds. The lowest BCUT2D eigenvalue weighted by Crippen LogP contribution is -2.42. The Morgan fingerprint density at radius 3 is 2.91 bits per heavy atom. The minimum absolute atomic E-state index is 0. The van der Waals surface area contributed by atoms with Crippen molar-refractivity contribution >= 4 is 23.7 Å². The van der Waals surface area contributed by atoms with Gasteiger partial charge >= 0.3 is 0 Å². The molecule has 0 bridgehead atoms. The first-order valence-corrected chi connectivity index (χ1v) is 9.22. The summed E-state index contributed by atoms with van der Waals surface area (Å²) in [6.07, 6.45) is 6.71. The number of benzene rings is 1. The molecule has 2 nitrogen and oxygen atoms in total. The average molecular weight is 352 g/mol. The quantitative estimate of drug-likeness (QED) is 0.788. The Bertz CT molecular complexity index is 599. The molecular formula is C19H26ClNOS. The third kappa shape index (κ3) is 4.72. The third-order valence-electron chi connectivity index (χ3n) is 4.59. The molecule has 2 aromatic rings. The van der Waals surface area contributed by atoms with E-state index in [2.05, 4.69) is 35.8 Å². The lowest BCUT2D eigenvalue weighted by atomic mass is 9.87. The van der Waals surface area contributed by atoms with Gasteiger partial charge < -0.3 is 10.4 Å². The Balaban J connectivity index is 0.00000192. The van der Waals surface area contributed by atoms with Crippen LogP contribution in [0.15, 0.2) is 35.7 Å². The smallest absolute Gasteiger partial charge is 0.119 e. The zero-order valence-electron chi connectivity index (χ0n) is 13.6. The van der Waals surface area contributed by atoms with Crippen molar-refractivity contribution < 1.29 is 5.11 Å². The first-order valence-electron chi connectivity index (χ1n) is 8.34. The van der Waals surface area contributed by atoms with Crippen LogP contribution < -0.4 is 5.32 Å². The van der Waals surface area contributed by atoms with Crippen molar-refractivity contribution in [3.63, 3.8) is 0 Å². The first-order chi connectivity index (χ1) is 10.8. The molecule has 0 saturated carbocycles. The van der Waals surface area contributed by atoms with E-state index in [4.69, 9.17) is 0 Å². The van der Waals surface area contributed by atoms with Crippen LogP contribution in [-0.2, 0) is 19.3 Å². The zero-order valence-corrected chi connectivity index (χ0v) is 15.3.